The Morgan fingerprint density at radius 2 is 1.83 bits per heavy atom. The van der Waals surface area contributed by atoms with Gasteiger partial charge in [-0.15, -0.1) is 0 Å². The van der Waals surface area contributed by atoms with Crippen molar-refractivity contribution in [2.45, 2.75) is 77.8 Å². The first-order valence-electron chi connectivity index (χ1n) is 12.2. The van der Waals surface area contributed by atoms with Gasteiger partial charge in [0.25, 0.3) is 0 Å². The lowest BCUT2D eigenvalue weighted by Gasteiger charge is -2.53. The molecule has 8 atom stereocenters. The molecule has 192 valence electrons. The molecule has 2 fully saturated rings. The van der Waals surface area contributed by atoms with Gasteiger partial charge in [0.05, 0.1) is 12.2 Å². The molecule has 0 aromatic rings. The zero-order valence-corrected chi connectivity index (χ0v) is 21.4. The van der Waals surface area contributed by atoms with Crippen LogP contribution < -0.4 is 0 Å². The van der Waals surface area contributed by atoms with E-state index in [1.807, 2.05) is 13.8 Å². The predicted octanol–water partition coefficient (Wildman–Crippen LogP) is 2.02. The van der Waals surface area contributed by atoms with Gasteiger partial charge in [0.2, 0.25) is 0 Å². The summed E-state index contributed by atoms with van der Waals surface area (Å²) in [6.07, 6.45) is 3.83. The average molecular weight is 489 g/mol. The van der Waals surface area contributed by atoms with Crippen molar-refractivity contribution in [3.63, 3.8) is 0 Å². The Balaban J connectivity index is 1.96. The summed E-state index contributed by atoms with van der Waals surface area (Å²) in [5.74, 6) is -4.63. The van der Waals surface area contributed by atoms with E-state index in [2.05, 4.69) is 0 Å². The number of aliphatic hydroxyl groups excluding tert-OH is 1. The van der Waals surface area contributed by atoms with Crippen LogP contribution in [0.3, 0.4) is 0 Å². The van der Waals surface area contributed by atoms with Gasteiger partial charge in [-0.1, -0.05) is 39.0 Å². The fourth-order valence-corrected chi connectivity index (χ4v) is 7.35. The zero-order chi connectivity index (χ0) is 26.3. The summed E-state index contributed by atoms with van der Waals surface area (Å²) in [6, 6.07) is 0. The van der Waals surface area contributed by atoms with Crippen LogP contribution in [0.1, 0.15) is 54.9 Å². The highest BCUT2D eigenvalue weighted by molar-refractivity contribution is 6.04. The van der Waals surface area contributed by atoms with Crippen LogP contribution in [0, 0.1) is 29.1 Å². The minimum absolute atomic E-state index is 0.123. The van der Waals surface area contributed by atoms with E-state index in [4.69, 9.17) is 9.47 Å². The van der Waals surface area contributed by atoms with Gasteiger partial charge in [0.15, 0.2) is 11.4 Å². The van der Waals surface area contributed by atoms with E-state index in [9.17, 15) is 29.7 Å². The maximum absolute atomic E-state index is 13.1. The number of aliphatic hydroxyl groups is 3. The first-order valence-corrected chi connectivity index (χ1v) is 12.2. The lowest BCUT2D eigenvalue weighted by atomic mass is 9.59. The third kappa shape index (κ3) is 3.12. The SMILES string of the molecule is C/C=C(/C)C(=O)O[C@]12C(C3C=C(CO)C[C@]4(O)C(=O)C(C)=CC4[C@@]3(O)[C@H](C)[C@H]1OC(C)=O)C2(C)C. The lowest BCUT2D eigenvalue weighted by Crippen LogP contribution is -2.66. The highest BCUT2D eigenvalue weighted by Gasteiger charge is 2.87. The van der Waals surface area contributed by atoms with Crippen molar-refractivity contribution in [1.29, 1.82) is 0 Å². The maximum Gasteiger partial charge on any atom is 0.334 e. The number of ether oxygens (including phenoxy) is 2. The summed E-state index contributed by atoms with van der Waals surface area (Å²) in [6.45, 7) is 11.3. The Morgan fingerprint density at radius 3 is 2.37 bits per heavy atom. The third-order valence-electron chi connectivity index (χ3n) is 9.27. The van der Waals surface area contributed by atoms with Crippen molar-refractivity contribution >= 4 is 17.7 Å². The van der Waals surface area contributed by atoms with Gasteiger partial charge in [-0.2, -0.15) is 0 Å². The molecule has 0 aliphatic heterocycles. The van der Waals surface area contributed by atoms with Crippen LogP contribution in [0.4, 0.5) is 0 Å². The number of rotatable bonds is 4. The molecule has 2 saturated carbocycles. The first-order chi connectivity index (χ1) is 16.1. The summed E-state index contributed by atoms with van der Waals surface area (Å²) in [4.78, 5) is 38.4. The second-order valence-electron chi connectivity index (χ2n) is 11.3. The van der Waals surface area contributed by atoms with Gasteiger partial charge in [-0.25, -0.2) is 4.79 Å². The van der Waals surface area contributed by atoms with Crippen LogP contribution in [0.5, 0.6) is 0 Å². The summed E-state index contributed by atoms with van der Waals surface area (Å²) >= 11 is 0. The molecule has 4 aliphatic carbocycles. The summed E-state index contributed by atoms with van der Waals surface area (Å²) < 4.78 is 12.0. The Bertz CT molecular complexity index is 1080. The third-order valence-corrected chi connectivity index (χ3v) is 9.27. The fraction of sp³-hybridized carbons (Fsp3) is 0.667. The number of carbonyl (C=O) groups excluding carboxylic acids is 3. The lowest BCUT2D eigenvalue weighted by molar-refractivity contribution is -0.227. The van der Waals surface area contributed by atoms with Crippen LogP contribution in [-0.4, -0.2) is 62.6 Å². The number of hydrogen-bond acceptors (Lipinski definition) is 8. The molecule has 0 spiro atoms. The van der Waals surface area contributed by atoms with Gasteiger partial charge in [-0.3, -0.25) is 9.59 Å². The molecule has 35 heavy (non-hydrogen) atoms. The smallest absolute Gasteiger partial charge is 0.334 e. The van der Waals surface area contributed by atoms with E-state index in [-0.39, 0.29) is 6.42 Å². The Kier molecular flexibility index (Phi) is 5.79. The van der Waals surface area contributed by atoms with Crippen molar-refractivity contribution in [3.05, 3.63) is 34.9 Å². The number of ketones is 1. The van der Waals surface area contributed by atoms with Gasteiger partial charge in [0.1, 0.15) is 11.7 Å². The Morgan fingerprint density at radius 1 is 1.20 bits per heavy atom. The quantitative estimate of drug-likeness (QED) is 0.311. The Labute approximate surface area is 205 Å². The number of esters is 2. The Hall–Kier alpha value is -2.29. The largest absolute Gasteiger partial charge is 0.458 e. The number of hydrogen-bond donors (Lipinski definition) is 3. The maximum atomic E-state index is 13.1. The molecular formula is C27H36O8. The van der Waals surface area contributed by atoms with E-state index in [1.54, 1.807) is 45.9 Å². The molecule has 4 aliphatic rings. The minimum Gasteiger partial charge on any atom is -0.458 e. The summed E-state index contributed by atoms with van der Waals surface area (Å²) in [5, 5.41) is 34.3. The molecule has 8 heteroatoms. The van der Waals surface area contributed by atoms with Gasteiger partial charge in [-0.05, 0) is 31.9 Å². The number of fused-ring (bicyclic) bond motifs is 5. The molecule has 4 rings (SSSR count). The van der Waals surface area contributed by atoms with Gasteiger partial charge >= 0.3 is 11.9 Å². The van der Waals surface area contributed by atoms with Crippen molar-refractivity contribution < 1.29 is 39.2 Å². The average Bonchev–Trinajstić information content (AvgIpc) is 3.21. The fourth-order valence-electron chi connectivity index (χ4n) is 7.35. The van der Waals surface area contributed by atoms with Crippen molar-refractivity contribution in [2.24, 2.45) is 29.1 Å². The highest BCUT2D eigenvalue weighted by atomic mass is 16.6. The van der Waals surface area contributed by atoms with E-state index >= 15 is 0 Å². The monoisotopic (exact) mass is 488 g/mol. The molecule has 3 unspecified atom stereocenters. The molecular weight excluding hydrogens is 452 g/mol. The topological polar surface area (TPSA) is 130 Å². The molecule has 0 bridgehead atoms. The summed E-state index contributed by atoms with van der Waals surface area (Å²) in [7, 11) is 0. The van der Waals surface area contributed by atoms with Gasteiger partial charge in [0, 0.05) is 48.0 Å². The second-order valence-corrected chi connectivity index (χ2v) is 11.3. The summed E-state index contributed by atoms with van der Waals surface area (Å²) in [5.41, 5.74) is -4.45. The number of allylic oxidation sites excluding steroid dienone is 1. The molecule has 8 nitrogen and oxygen atoms in total. The van der Waals surface area contributed by atoms with E-state index < -0.39 is 76.3 Å². The van der Waals surface area contributed by atoms with Crippen molar-refractivity contribution in [3.8, 4) is 0 Å². The standard InChI is InChI=1S/C27H36O8/c1-8-13(2)23(31)35-27-20(24(27,6)7)18-10-17(12-28)11-25(32)19(9-14(3)21(25)30)26(18,33)15(4)22(27)34-16(5)29/h8-10,15,18-20,22,28,32-33H,11-12H2,1-7H3/b13-8-/t15-,18?,19?,20?,22-,25-,26-,27-/m1/s1. The van der Waals surface area contributed by atoms with Crippen molar-refractivity contribution in [1.82, 2.24) is 0 Å². The van der Waals surface area contributed by atoms with E-state index in [0.717, 1.165) is 0 Å². The molecule has 0 heterocycles. The first kappa shape index (κ1) is 25.8. The van der Waals surface area contributed by atoms with Crippen LogP contribution in [0.25, 0.3) is 0 Å². The van der Waals surface area contributed by atoms with E-state index in [0.29, 0.717) is 16.7 Å². The van der Waals surface area contributed by atoms with Crippen molar-refractivity contribution in [2.75, 3.05) is 6.61 Å². The second kappa shape index (κ2) is 7.85. The molecule has 0 saturated heterocycles. The molecule has 3 N–H and O–H groups in total. The van der Waals surface area contributed by atoms with Crippen LogP contribution in [-0.2, 0) is 23.9 Å². The highest BCUT2D eigenvalue weighted by Crippen LogP contribution is 2.77. The normalized spacial score (nSPS) is 43.7. The van der Waals surface area contributed by atoms with Crippen LogP contribution in [0.15, 0.2) is 34.9 Å². The molecule has 0 aromatic carbocycles. The number of carbonyl (C=O) groups is 3. The zero-order valence-electron chi connectivity index (χ0n) is 21.4. The van der Waals surface area contributed by atoms with Crippen LogP contribution >= 0.6 is 0 Å². The van der Waals surface area contributed by atoms with Crippen LogP contribution in [0.2, 0.25) is 0 Å². The predicted molar refractivity (Wildman–Crippen MR) is 126 cm³/mol. The van der Waals surface area contributed by atoms with Gasteiger partial charge < -0.3 is 24.8 Å². The molecule has 0 radical (unpaired) electrons. The minimum atomic E-state index is -1.94. The van der Waals surface area contributed by atoms with E-state index in [1.165, 1.54) is 6.92 Å². The molecule has 0 aromatic heterocycles. The number of Topliss-reactive ketones (excluding diaryl/α,β-unsaturated/α-hetero) is 1. The molecule has 0 amide bonds.